The molecule has 2 rings (SSSR count). The highest BCUT2D eigenvalue weighted by atomic mass is 32.1. The van der Waals surface area contributed by atoms with Crippen molar-refractivity contribution in [3.63, 3.8) is 0 Å². The van der Waals surface area contributed by atoms with Crippen LogP contribution in [-0.4, -0.2) is 10.8 Å². The van der Waals surface area contributed by atoms with Gasteiger partial charge in [0.05, 0.1) is 0 Å². The molecule has 108 valence electrons. The number of rotatable bonds is 2. The number of hydrogen-bond donors (Lipinski definition) is 2. The van der Waals surface area contributed by atoms with E-state index in [9.17, 15) is 0 Å². The molecular weight excluding hydrogens is 266 g/mol. The van der Waals surface area contributed by atoms with Crippen LogP contribution < -0.4 is 10.7 Å². The Bertz CT molecular complexity index is 522. The minimum absolute atomic E-state index is 0.560. The summed E-state index contributed by atoms with van der Waals surface area (Å²) in [6.45, 7) is 6.47. The molecular formula is C16H23N3S. The first kappa shape index (κ1) is 15.0. The van der Waals surface area contributed by atoms with E-state index in [1.807, 2.05) is 12.1 Å². The van der Waals surface area contributed by atoms with Crippen molar-refractivity contribution < 1.29 is 0 Å². The van der Waals surface area contributed by atoms with Crippen LogP contribution in [0.5, 0.6) is 0 Å². The van der Waals surface area contributed by atoms with E-state index >= 15 is 0 Å². The van der Waals surface area contributed by atoms with Crippen LogP contribution in [0.2, 0.25) is 0 Å². The van der Waals surface area contributed by atoms with Crippen LogP contribution in [-0.2, 0) is 0 Å². The van der Waals surface area contributed by atoms with Gasteiger partial charge in [-0.1, -0.05) is 19.1 Å². The normalized spacial score (nSPS) is 20.8. The van der Waals surface area contributed by atoms with Crippen molar-refractivity contribution in [3.05, 3.63) is 29.3 Å². The SMILES string of the molecule is Cc1cccc(NC(=S)N/N=C2/CCC[C@H](C)C2)c1C. The maximum atomic E-state index is 5.31. The second-order valence-corrected chi connectivity index (χ2v) is 6.10. The third kappa shape index (κ3) is 4.04. The minimum Gasteiger partial charge on any atom is -0.331 e. The molecule has 2 N–H and O–H groups in total. The standard InChI is InChI=1S/C16H23N3S/c1-11-6-4-8-14(10-11)18-19-16(20)17-15-9-5-7-12(2)13(15)3/h5,7,9,11H,4,6,8,10H2,1-3H3,(H2,17,19,20)/b18-14-/t11-/m0/s1. The topological polar surface area (TPSA) is 36.4 Å². The van der Waals surface area contributed by atoms with Crippen LogP contribution >= 0.6 is 12.2 Å². The van der Waals surface area contributed by atoms with Gasteiger partial charge in [0.25, 0.3) is 0 Å². The summed E-state index contributed by atoms with van der Waals surface area (Å²) in [5.74, 6) is 0.741. The predicted molar refractivity (Wildman–Crippen MR) is 90.3 cm³/mol. The molecule has 1 atom stereocenters. The fourth-order valence-corrected chi connectivity index (χ4v) is 2.68. The van der Waals surface area contributed by atoms with Gasteiger partial charge in [0.1, 0.15) is 0 Å². The summed E-state index contributed by atoms with van der Waals surface area (Å²) in [7, 11) is 0. The van der Waals surface area contributed by atoms with E-state index in [0.29, 0.717) is 5.11 Å². The first-order valence-electron chi connectivity index (χ1n) is 7.25. The van der Waals surface area contributed by atoms with Gasteiger partial charge in [-0.3, -0.25) is 5.43 Å². The smallest absolute Gasteiger partial charge is 0.191 e. The van der Waals surface area contributed by atoms with Gasteiger partial charge in [0, 0.05) is 11.4 Å². The minimum atomic E-state index is 0.560. The molecule has 1 aromatic carbocycles. The average molecular weight is 289 g/mol. The summed E-state index contributed by atoms with van der Waals surface area (Å²) in [5.41, 5.74) is 7.72. The predicted octanol–water partition coefficient (Wildman–Crippen LogP) is 4.16. The fraction of sp³-hybridized carbons (Fsp3) is 0.500. The number of aryl methyl sites for hydroxylation is 1. The molecule has 0 aromatic heterocycles. The maximum absolute atomic E-state index is 5.31. The van der Waals surface area contributed by atoms with Crippen molar-refractivity contribution in [1.29, 1.82) is 0 Å². The molecule has 1 aromatic rings. The summed E-state index contributed by atoms with van der Waals surface area (Å²) in [6.07, 6.45) is 4.71. The third-order valence-corrected chi connectivity index (χ3v) is 4.11. The lowest BCUT2D eigenvalue weighted by Gasteiger charge is -2.19. The van der Waals surface area contributed by atoms with Gasteiger partial charge < -0.3 is 5.32 Å². The van der Waals surface area contributed by atoms with E-state index < -0.39 is 0 Å². The van der Waals surface area contributed by atoms with Crippen molar-refractivity contribution in [2.45, 2.75) is 46.5 Å². The number of nitrogens with one attached hydrogen (secondary N) is 2. The summed E-state index contributed by atoms with van der Waals surface area (Å²) in [4.78, 5) is 0. The van der Waals surface area contributed by atoms with Crippen molar-refractivity contribution in [2.24, 2.45) is 11.0 Å². The Kier molecular flexibility index (Phi) is 5.12. The Morgan fingerprint density at radius 2 is 2.15 bits per heavy atom. The van der Waals surface area contributed by atoms with Crippen LogP contribution in [0.25, 0.3) is 0 Å². The van der Waals surface area contributed by atoms with E-state index in [0.717, 1.165) is 24.4 Å². The largest absolute Gasteiger partial charge is 0.331 e. The van der Waals surface area contributed by atoms with Gasteiger partial charge in [-0.25, -0.2) is 0 Å². The summed E-state index contributed by atoms with van der Waals surface area (Å²) >= 11 is 5.31. The summed E-state index contributed by atoms with van der Waals surface area (Å²) < 4.78 is 0. The highest BCUT2D eigenvalue weighted by Gasteiger charge is 2.14. The number of hydrazone groups is 1. The Morgan fingerprint density at radius 3 is 2.90 bits per heavy atom. The van der Waals surface area contributed by atoms with E-state index in [1.54, 1.807) is 0 Å². The van der Waals surface area contributed by atoms with Crippen LogP contribution in [0.3, 0.4) is 0 Å². The third-order valence-electron chi connectivity index (χ3n) is 3.91. The average Bonchev–Trinajstić information content (AvgIpc) is 2.42. The first-order chi connectivity index (χ1) is 9.56. The van der Waals surface area contributed by atoms with Gasteiger partial charge in [0.15, 0.2) is 5.11 Å². The monoisotopic (exact) mass is 289 g/mol. The number of anilines is 1. The van der Waals surface area contributed by atoms with Crippen LogP contribution in [0, 0.1) is 19.8 Å². The highest BCUT2D eigenvalue weighted by molar-refractivity contribution is 7.80. The second-order valence-electron chi connectivity index (χ2n) is 5.69. The Morgan fingerprint density at radius 1 is 1.35 bits per heavy atom. The van der Waals surface area contributed by atoms with Crippen molar-refractivity contribution in [3.8, 4) is 0 Å². The van der Waals surface area contributed by atoms with Gasteiger partial charge in [-0.2, -0.15) is 5.10 Å². The lowest BCUT2D eigenvalue weighted by Crippen LogP contribution is -2.26. The van der Waals surface area contributed by atoms with Gasteiger partial charge >= 0.3 is 0 Å². The zero-order valence-corrected chi connectivity index (χ0v) is 13.3. The van der Waals surface area contributed by atoms with E-state index in [1.165, 1.54) is 29.7 Å². The van der Waals surface area contributed by atoms with E-state index in [2.05, 4.69) is 42.7 Å². The van der Waals surface area contributed by atoms with Crippen molar-refractivity contribution >= 4 is 28.7 Å². The number of thiocarbonyl (C=S) groups is 1. The Balaban J connectivity index is 1.92. The summed E-state index contributed by atoms with van der Waals surface area (Å²) in [6, 6.07) is 6.16. The lowest BCUT2D eigenvalue weighted by molar-refractivity contribution is 0.498. The molecule has 0 heterocycles. The number of benzene rings is 1. The Labute approximate surface area is 126 Å². The number of hydrogen-bond acceptors (Lipinski definition) is 2. The molecule has 0 aliphatic heterocycles. The molecule has 4 heteroatoms. The van der Waals surface area contributed by atoms with Crippen molar-refractivity contribution in [1.82, 2.24) is 5.43 Å². The van der Waals surface area contributed by atoms with Crippen molar-refractivity contribution in [2.75, 3.05) is 5.32 Å². The fourth-order valence-electron chi connectivity index (χ4n) is 2.53. The molecule has 1 fully saturated rings. The zero-order valence-electron chi connectivity index (χ0n) is 12.5. The maximum Gasteiger partial charge on any atom is 0.191 e. The first-order valence-corrected chi connectivity index (χ1v) is 7.65. The highest BCUT2D eigenvalue weighted by Crippen LogP contribution is 2.21. The summed E-state index contributed by atoms with van der Waals surface area (Å²) in [5, 5.41) is 8.22. The van der Waals surface area contributed by atoms with Crippen LogP contribution in [0.1, 0.15) is 43.7 Å². The molecule has 20 heavy (non-hydrogen) atoms. The van der Waals surface area contributed by atoms with Gasteiger partial charge in [0.2, 0.25) is 0 Å². The molecule has 0 spiro atoms. The van der Waals surface area contributed by atoms with Gasteiger partial charge in [-0.05, 0) is 74.9 Å². The molecule has 1 aliphatic rings. The molecule has 0 bridgehead atoms. The number of nitrogens with zero attached hydrogens (tertiary/aromatic N) is 1. The Hall–Kier alpha value is -1.42. The molecule has 0 amide bonds. The van der Waals surface area contributed by atoms with Crippen LogP contribution in [0.15, 0.2) is 23.3 Å². The molecule has 0 radical (unpaired) electrons. The molecule has 3 nitrogen and oxygen atoms in total. The lowest BCUT2D eigenvalue weighted by atomic mass is 9.89. The van der Waals surface area contributed by atoms with Crippen LogP contribution in [0.4, 0.5) is 5.69 Å². The molecule has 0 unspecified atom stereocenters. The molecule has 1 saturated carbocycles. The molecule has 0 saturated heterocycles. The van der Waals surface area contributed by atoms with E-state index in [4.69, 9.17) is 12.2 Å². The second kappa shape index (κ2) is 6.84. The quantitative estimate of drug-likeness (QED) is 0.634. The van der Waals surface area contributed by atoms with Gasteiger partial charge in [-0.15, -0.1) is 0 Å². The van der Waals surface area contributed by atoms with E-state index in [-0.39, 0.29) is 0 Å². The zero-order chi connectivity index (χ0) is 14.5. The molecule has 1 aliphatic carbocycles.